The lowest BCUT2D eigenvalue weighted by atomic mass is 10.1. The molecule has 0 bridgehead atoms. The van der Waals surface area contributed by atoms with Crippen LogP contribution in [-0.2, 0) is 11.3 Å². The molecule has 1 heterocycles. The summed E-state index contributed by atoms with van der Waals surface area (Å²) in [5, 5.41) is 3.43. The number of piperazine rings is 1. The summed E-state index contributed by atoms with van der Waals surface area (Å²) in [4.78, 5) is 9.59. The highest BCUT2D eigenvalue weighted by Gasteiger charge is 2.21. The Bertz CT molecular complexity index is 655. The van der Waals surface area contributed by atoms with Crippen LogP contribution in [-0.4, -0.2) is 82.5 Å². The molecule has 0 unspecified atom stereocenters. The molecule has 3 rings (SSSR count). The number of nitrogens with zero attached hydrogens (tertiary/aromatic N) is 3. The fourth-order valence-electron chi connectivity index (χ4n) is 3.53. The van der Waals surface area contributed by atoms with E-state index in [9.17, 15) is 0 Å². The van der Waals surface area contributed by atoms with Gasteiger partial charge in [0.05, 0.1) is 27.4 Å². The lowest BCUT2D eigenvalue weighted by molar-refractivity contribution is 0.131. The van der Waals surface area contributed by atoms with Crippen LogP contribution in [0.2, 0.25) is 0 Å². The molecule has 2 aliphatic rings. The van der Waals surface area contributed by atoms with Gasteiger partial charge < -0.3 is 24.4 Å². The van der Waals surface area contributed by atoms with Crippen molar-refractivity contribution < 1.29 is 14.2 Å². The summed E-state index contributed by atoms with van der Waals surface area (Å²) in [7, 11) is 3.35. The van der Waals surface area contributed by atoms with E-state index >= 15 is 0 Å². The van der Waals surface area contributed by atoms with Gasteiger partial charge in [0.15, 0.2) is 17.5 Å². The van der Waals surface area contributed by atoms with Gasteiger partial charge in [-0.3, -0.25) is 9.89 Å². The molecule has 1 aromatic carbocycles. The first kappa shape index (κ1) is 21.7. The highest BCUT2D eigenvalue weighted by atomic mass is 16.5. The highest BCUT2D eigenvalue weighted by molar-refractivity contribution is 5.80. The van der Waals surface area contributed by atoms with Gasteiger partial charge in [-0.2, -0.15) is 0 Å². The molecule has 0 radical (unpaired) electrons. The smallest absolute Gasteiger partial charge is 0.194 e. The summed E-state index contributed by atoms with van der Waals surface area (Å²) in [5.74, 6) is 3.38. The van der Waals surface area contributed by atoms with Crippen molar-refractivity contribution in [2.45, 2.75) is 26.3 Å². The maximum absolute atomic E-state index is 5.71. The van der Waals surface area contributed by atoms with E-state index in [1.807, 2.05) is 6.07 Å². The molecule has 2 fully saturated rings. The molecule has 0 aromatic heterocycles. The van der Waals surface area contributed by atoms with E-state index < -0.39 is 0 Å². The van der Waals surface area contributed by atoms with Crippen molar-refractivity contribution in [3.05, 3.63) is 23.8 Å². The van der Waals surface area contributed by atoms with Crippen molar-refractivity contribution in [3.63, 3.8) is 0 Å². The van der Waals surface area contributed by atoms with Gasteiger partial charge in [0.2, 0.25) is 0 Å². The van der Waals surface area contributed by atoms with E-state index in [0.29, 0.717) is 6.61 Å². The van der Waals surface area contributed by atoms with Crippen LogP contribution in [0.25, 0.3) is 0 Å². The van der Waals surface area contributed by atoms with Crippen molar-refractivity contribution >= 4 is 5.96 Å². The van der Waals surface area contributed by atoms with Crippen molar-refractivity contribution in [1.82, 2.24) is 15.1 Å². The molecule has 0 spiro atoms. The van der Waals surface area contributed by atoms with Gasteiger partial charge in [-0.05, 0) is 43.4 Å². The van der Waals surface area contributed by atoms with Gasteiger partial charge in [-0.15, -0.1) is 0 Å². The second-order valence-electron chi connectivity index (χ2n) is 7.71. The molecule has 0 atom stereocenters. The number of rotatable bonds is 10. The molecule has 1 N–H and O–H groups in total. The fourth-order valence-corrected chi connectivity index (χ4v) is 3.53. The Morgan fingerprint density at radius 2 is 1.86 bits per heavy atom. The number of aliphatic imine (C=N–C) groups is 1. The van der Waals surface area contributed by atoms with Crippen LogP contribution in [0.5, 0.6) is 11.5 Å². The maximum Gasteiger partial charge on any atom is 0.194 e. The normalized spacial score (nSPS) is 18.0. The Balaban J connectivity index is 1.45. The third-order valence-electron chi connectivity index (χ3n) is 5.41. The van der Waals surface area contributed by atoms with E-state index in [2.05, 4.69) is 34.2 Å². The van der Waals surface area contributed by atoms with E-state index in [1.54, 1.807) is 14.2 Å². The number of ether oxygens (including phenoxy) is 3. The first-order chi connectivity index (χ1) is 14.2. The average Bonchev–Trinajstić information content (AvgIpc) is 3.57. The van der Waals surface area contributed by atoms with Crippen LogP contribution < -0.4 is 14.8 Å². The van der Waals surface area contributed by atoms with Crippen LogP contribution in [0.4, 0.5) is 0 Å². The van der Waals surface area contributed by atoms with Crippen molar-refractivity contribution in [3.8, 4) is 11.5 Å². The quantitative estimate of drug-likeness (QED) is 0.367. The second kappa shape index (κ2) is 11.3. The minimum atomic E-state index is 0.713. The predicted octanol–water partition coefficient (Wildman–Crippen LogP) is 2.21. The monoisotopic (exact) mass is 404 g/mol. The molecule has 0 amide bonds. The molecule has 1 saturated carbocycles. The molecule has 1 aliphatic heterocycles. The number of nitrogens with one attached hydrogen (secondary N) is 1. The summed E-state index contributed by atoms with van der Waals surface area (Å²) in [5.41, 5.74) is 1.24. The third-order valence-corrected chi connectivity index (χ3v) is 5.41. The zero-order chi connectivity index (χ0) is 20.5. The predicted molar refractivity (Wildman–Crippen MR) is 116 cm³/mol. The molecule has 1 aliphatic carbocycles. The van der Waals surface area contributed by atoms with E-state index in [1.165, 1.54) is 18.4 Å². The topological polar surface area (TPSA) is 58.6 Å². The number of hydrogen-bond donors (Lipinski definition) is 1. The summed E-state index contributed by atoms with van der Waals surface area (Å²) in [6.45, 7) is 10.2. The van der Waals surface area contributed by atoms with Gasteiger partial charge in [0, 0.05) is 45.9 Å². The Morgan fingerprint density at radius 3 is 2.52 bits per heavy atom. The molecule has 162 valence electrons. The minimum Gasteiger partial charge on any atom is -0.493 e. The van der Waals surface area contributed by atoms with Crippen LogP contribution in [0.3, 0.4) is 0 Å². The molecule has 1 aromatic rings. The second-order valence-corrected chi connectivity index (χ2v) is 7.71. The minimum absolute atomic E-state index is 0.713. The Hall–Kier alpha value is -1.99. The van der Waals surface area contributed by atoms with Gasteiger partial charge >= 0.3 is 0 Å². The molecule has 7 nitrogen and oxygen atoms in total. The Morgan fingerprint density at radius 1 is 1.10 bits per heavy atom. The zero-order valence-corrected chi connectivity index (χ0v) is 18.2. The lowest BCUT2D eigenvalue weighted by Crippen LogP contribution is -2.52. The third kappa shape index (κ3) is 6.78. The van der Waals surface area contributed by atoms with Crippen molar-refractivity contribution in [1.29, 1.82) is 0 Å². The van der Waals surface area contributed by atoms with E-state index in [0.717, 1.165) is 75.8 Å². The van der Waals surface area contributed by atoms with Crippen LogP contribution >= 0.6 is 0 Å². The zero-order valence-electron chi connectivity index (χ0n) is 18.2. The highest BCUT2D eigenvalue weighted by Crippen LogP contribution is 2.29. The Labute approximate surface area is 175 Å². The summed E-state index contributed by atoms with van der Waals surface area (Å²) in [6, 6.07) is 6.16. The lowest BCUT2D eigenvalue weighted by Gasteiger charge is -2.36. The molecule has 29 heavy (non-hydrogen) atoms. The summed E-state index contributed by atoms with van der Waals surface area (Å²) >= 11 is 0. The summed E-state index contributed by atoms with van der Waals surface area (Å²) in [6.07, 6.45) is 2.67. The van der Waals surface area contributed by atoms with Gasteiger partial charge in [0.25, 0.3) is 0 Å². The van der Waals surface area contributed by atoms with E-state index in [-0.39, 0.29) is 0 Å². The maximum atomic E-state index is 5.71. The number of benzene rings is 1. The number of hydrogen-bond acceptors (Lipinski definition) is 5. The Kier molecular flexibility index (Phi) is 8.43. The van der Waals surface area contributed by atoms with Crippen LogP contribution in [0, 0.1) is 5.92 Å². The summed E-state index contributed by atoms with van der Waals surface area (Å²) < 4.78 is 16.5. The SMILES string of the molecule is CCNC(=NCCOCC1CC1)N1CCN(Cc2ccc(OC)c(OC)c2)CC1. The molecule has 1 saturated heterocycles. The van der Waals surface area contributed by atoms with Gasteiger partial charge in [-0.25, -0.2) is 0 Å². The number of methoxy groups -OCH3 is 2. The first-order valence-electron chi connectivity index (χ1n) is 10.8. The molecular weight excluding hydrogens is 368 g/mol. The molecular formula is C22H36N4O3. The van der Waals surface area contributed by atoms with Crippen LogP contribution in [0.1, 0.15) is 25.3 Å². The van der Waals surface area contributed by atoms with Crippen LogP contribution in [0.15, 0.2) is 23.2 Å². The molecule has 7 heteroatoms. The van der Waals surface area contributed by atoms with Gasteiger partial charge in [0.1, 0.15) is 0 Å². The van der Waals surface area contributed by atoms with Crippen molar-refractivity contribution in [2.24, 2.45) is 10.9 Å². The van der Waals surface area contributed by atoms with Crippen molar-refractivity contribution in [2.75, 3.05) is 66.7 Å². The standard InChI is InChI=1S/C22H36N4O3/c1-4-23-22(24-9-14-29-17-18-5-6-18)26-12-10-25(11-13-26)16-19-7-8-20(27-2)21(15-19)28-3/h7-8,15,18H,4-6,9-14,16-17H2,1-3H3,(H,23,24). The number of guanidine groups is 1. The van der Waals surface area contributed by atoms with E-state index in [4.69, 9.17) is 19.2 Å². The first-order valence-corrected chi connectivity index (χ1v) is 10.8. The fraction of sp³-hybridized carbons (Fsp3) is 0.682. The van der Waals surface area contributed by atoms with Gasteiger partial charge in [-0.1, -0.05) is 6.07 Å². The largest absolute Gasteiger partial charge is 0.493 e. The average molecular weight is 405 g/mol.